The molecular weight excluding hydrogens is 1510 g/mol. The van der Waals surface area contributed by atoms with Gasteiger partial charge in [-0.1, -0.05) is 236 Å². The molecule has 0 aliphatic heterocycles. The highest BCUT2D eigenvalue weighted by atomic mass is 19.1. The number of aryl methyl sites for hydroxylation is 8. The van der Waals surface area contributed by atoms with Gasteiger partial charge in [-0.25, -0.2) is 34.3 Å². The Balaban J connectivity index is 0.000000122. The van der Waals surface area contributed by atoms with Gasteiger partial charge in [-0.15, -0.1) is 0 Å². The summed E-state index contributed by atoms with van der Waals surface area (Å²) in [5.74, 6) is 1.98. The summed E-state index contributed by atoms with van der Waals surface area (Å²) in [6.07, 6.45) is 15.9. The molecular formula is C108H91FN14. The first kappa shape index (κ1) is 85.0. The smallest absolute Gasteiger partial charge is 0.160 e. The molecule has 0 aliphatic rings. The first-order chi connectivity index (χ1) is 60.2. The van der Waals surface area contributed by atoms with Gasteiger partial charge >= 0.3 is 0 Å². The van der Waals surface area contributed by atoms with Gasteiger partial charge in [0.1, 0.15) is 17.5 Å². The van der Waals surface area contributed by atoms with Crippen LogP contribution >= 0.6 is 0 Å². The normalized spacial score (nSPS) is 10.3. The van der Waals surface area contributed by atoms with Gasteiger partial charge in [-0.05, 0) is 204 Å². The Kier molecular flexibility index (Phi) is 30.1. The highest BCUT2D eigenvalue weighted by molar-refractivity contribution is 5.85. The number of hydrogen-bond acceptors (Lipinski definition) is 14. The van der Waals surface area contributed by atoms with Crippen molar-refractivity contribution >= 4 is 32.6 Å². The predicted octanol–water partition coefficient (Wildman–Crippen LogP) is 26.1. The Bertz CT molecular complexity index is 5820. The third-order valence-electron chi connectivity index (χ3n) is 19.2. The van der Waals surface area contributed by atoms with Crippen molar-refractivity contribution in [3.8, 4) is 102 Å². The summed E-state index contributed by atoms with van der Waals surface area (Å²) in [4.78, 5) is 61.2. The fourth-order valence-corrected chi connectivity index (χ4v) is 13.1. The van der Waals surface area contributed by atoms with Crippen molar-refractivity contribution in [1.82, 2.24) is 69.8 Å². The summed E-state index contributed by atoms with van der Waals surface area (Å²) in [5.41, 5.74) is 25.9. The minimum atomic E-state index is -0.305. The maximum absolute atomic E-state index is 12.6. The molecule has 0 N–H and O–H groups in total. The first-order valence-electron chi connectivity index (χ1n) is 40.3. The van der Waals surface area contributed by atoms with E-state index >= 15 is 0 Å². The summed E-state index contributed by atoms with van der Waals surface area (Å²) in [6.45, 7) is 16.2. The van der Waals surface area contributed by atoms with Crippen molar-refractivity contribution in [3.63, 3.8) is 0 Å². The Labute approximate surface area is 718 Å². The van der Waals surface area contributed by atoms with Crippen molar-refractivity contribution in [2.45, 2.75) is 55.4 Å². The minimum absolute atomic E-state index is 0.305. The van der Waals surface area contributed by atoms with Gasteiger partial charge in [0.15, 0.2) is 5.82 Å². The summed E-state index contributed by atoms with van der Waals surface area (Å²) in [5, 5.41) is 4.97. The van der Waals surface area contributed by atoms with Crippen LogP contribution in [0, 0.1) is 61.2 Å². The maximum atomic E-state index is 12.6. The summed E-state index contributed by atoms with van der Waals surface area (Å²) < 4.78 is 12.6. The summed E-state index contributed by atoms with van der Waals surface area (Å²) >= 11 is 0. The molecule has 0 saturated heterocycles. The molecule has 0 atom stereocenters. The number of halogens is 1. The molecule has 123 heavy (non-hydrogen) atoms. The van der Waals surface area contributed by atoms with Crippen LogP contribution in [0.2, 0.25) is 0 Å². The van der Waals surface area contributed by atoms with E-state index in [-0.39, 0.29) is 5.82 Å². The molecule has 600 valence electrons. The molecule has 15 heteroatoms. The van der Waals surface area contributed by atoms with E-state index in [4.69, 9.17) is 0 Å². The van der Waals surface area contributed by atoms with Crippen LogP contribution in [0.4, 0.5) is 4.39 Å². The van der Waals surface area contributed by atoms with E-state index in [1.165, 1.54) is 61.6 Å². The molecule has 9 aromatic carbocycles. The monoisotopic (exact) mass is 1600 g/mol. The van der Waals surface area contributed by atoms with E-state index in [0.29, 0.717) is 5.82 Å². The number of rotatable bonds is 9. The van der Waals surface area contributed by atoms with Crippen molar-refractivity contribution in [1.29, 1.82) is 0 Å². The minimum Gasteiger partial charge on any atom is -0.264 e. The van der Waals surface area contributed by atoms with Crippen LogP contribution in [-0.4, -0.2) is 69.8 Å². The van der Waals surface area contributed by atoms with Gasteiger partial charge in [0.25, 0.3) is 0 Å². The highest BCUT2D eigenvalue weighted by Gasteiger charge is 2.12. The second kappa shape index (κ2) is 43.5. The van der Waals surface area contributed by atoms with Gasteiger partial charge < -0.3 is 0 Å². The fourth-order valence-electron chi connectivity index (χ4n) is 13.1. The first-order valence-corrected chi connectivity index (χ1v) is 40.3. The topological polar surface area (TPSA) is 180 Å². The largest absolute Gasteiger partial charge is 0.264 e. The zero-order valence-electron chi connectivity index (χ0n) is 69.8. The van der Waals surface area contributed by atoms with Crippen LogP contribution < -0.4 is 0 Å². The van der Waals surface area contributed by atoms with Crippen molar-refractivity contribution in [2.75, 3.05) is 0 Å². The lowest BCUT2D eigenvalue weighted by Crippen LogP contribution is -1.96. The molecule has 0 saturated carbocycles. The predicted molar refractivity (Wildman–Crippen MR) is 500 cm³/mol. The molecule has 20 aromatic rings. The van der Waals surface area contributed by atoms with Gasteiger partial charge in [-0.3, -0.25) is 39.9 Å². The Morgan fingerprint density at radius 1 is 0.211 bits per heavy atom. The fraction of sp³-hybridized carbons (Fsp3) is 0.0741. The molecule has 20 rings (SSSR count). The van der Waals surface area contributed by atoms with Gasteiger partial charge in [-0.2, -0.15) is 0 Å². The average molecular weight is 1600 g/mol. The Morgan fingerprint density at radius 3 is 1.15 bits per heavy atom. The molecule has 0 unspecified atom stereocenters. The molecule has 0 bridgehead atoms. The lowest BCUT2D eigenvalue weighted by Gasteiger charge is -2.07. The molecule has 11 heterocycles. The molecule has 0 spiro atoms. The van der Waals surface area contributed by atoms with Gasteiger partial charge in [0.2, 0.25) is 0 Å². The number of hydrogen-bond donors (Lipinski definition) is 0. The van der Waals surface area contributed by atoms with Crippen LogP contribution in [0.25, 0.3) is 134 Å². The van der Waals surface area contributed by atoms with E-state index < -0.39 is 0 Å². The van der Waals surface area contributed by atoms with Crippen LogP contribution in [0.3, 0.4) is 0 Å². The molecule has 14 nitrogen and oxygen atoms in total. The highest BCUT2D eigenvalue weighted by Crippen LogP contribution is 2.29. The summed E-state index contributed by atoms with van der Waals surface area (Å²) in [6, 6.07) is 116. The van der Waals surface area contributed by atoms with Crippen molar-refractivity contribution in [3.05, 3.63) is 459 Å². The molecule has 0 aliphatic carbocycles. The van der Waals surface area contributed by atoms with E-state index in [0.717, 1.165) is 124 Å². The van der Waals surface area contributed by atoms with Gasteiger partial charge in [0, 0.05) is 110 Å². The number of nitrogens with zero attached hydrogens (tertiary/aromatic N) is 14. The zero-order chi connectivity index (χ0) is 85.3. The third-order valence-corrected chi connectivity index (χ3v) is 19.2. The second-order valence-corrected chi connectivity index (χ2v) is 28.8. The standard InChI is InChI=1S/3C17H14N2.C15H12N4.C12H10FN.3C10H9N/c1-13-10-14(16-6-2-4-8-18-16)12-15(11-13)17-7-3-5-9-19-17;1-13-18-16(14-8-4-2-5-9-14)12-17(19-13)15-10-6-3-7-11-15;1-13-12-16(14-8-4-2-5-9-14)19-17(18-13)15-10-6-3-7-11-15;1-11-18-14(12-6-2-4-8-16-12)10-15(19-11)13-7-3-5-9-17-13;1-9-2-4-10(5-3-9)12-7-6-11(13)8-14-12;1-8-6-11-7-9-4-2-3-5-10(8)9;1-8-6-9-4-2-3-5-10(9)11-7-8;1-8-6-7-11-10-5-3-2-4-9(8)10/h3*2-12H,1H3;2-10H,1H3;2-8H,1H3;3*2-7H,1H3. The second-order valence-electron chi connectivity index (χ2n) is 28.8. The lowest BCUT2D eigenvalue weighted by molar-refractivity contribution is 0.622. The van der Waals surface area contributed by atoms with Crippen LogP contribution in [-0.2, 0) is 0 Å². The number of para-hydroxylation sites is 2. The van der Waals surface area contributed by atoms with Crippen molar-refractivity contribution < 1.29 is 4.39 Å². The van der Waals surface area contributed by atoms with Gasteiger partial charge in [0.05, 0.1) is 74.2 Å². The van der Waals surface area contributed by atoms with E-state index in [9.17, 15) is 4.39 Å². The number of aromatic nitrogens is 14. The SMILES string of the molecule is Cc1cc(-c2ccccc2)nc(-c2ccccc2)n1.Cc1cc(-c2ccccn2)cc(-c2ccccn2)c1.Cc1ccc(-c2ccc(F)cn2)cc1.Cc1ccnc2ccccc12.Cc1cnc2ccccc2c1.Cc1cncc2ccccc12.Cc1nc(-c2ccccc2)cc(-c2ccccc2)n1.Cc1nc(-c2ccccn2)cc(-c2ccccn2)n1. The van der Waals surface area contributed by atoms with Crippen LogP contribution in [0.1, 0.15) is 45.2 Å². The number of benzene rings is 9. The maximum Gasteiger partial charge on any atom is 0.160 e. The number of fused-ring (bicyclic) bond motifs is 3. The Morgan fingerprint density at radius 2 is 0.650 bits per heavy atom. The lowest BCUT2D eigenvalue weighted by atomic mass is 10.0. The molecule has 0 fully saturated rings. The van der Waals surface area contributed by atoms with Crippen molar-refractivity contribution in [2.24, 2.45) is 0 Å². The average Bonchev–Trinajstić information content (AvgIpc) is 0.816. The third kappa shape index (κ3) is 25.1. The molecule has 11 aromatic heterocycles. The van der Waals surface area contributed by atoms with Crippen LogP contribution in [0.5, 0.6) is 0 Å². The zero-order valence-corrected chi connectivity index (χ0v) is 69.8. The molecule has 0 amide bonds. The van der Waals surface area contributed by atoms with E-state index in [1.807, 2.05) is 314 Å². The summed E-state index contributed by atoms with van der Waals surface area (Å²) in [7, 11) is 0. The van der Waals surface area contributed by atoms with Crippen LogP contribution in [0.15, 0.2) is 408 Å². The number of pyridine rings is 8. The molecule has 0 radical (unpaired) electrons. The Hall–Kier alpha value is -15.9. The quantitative estimate of drug-likeness (QED) is 0.133. The van der Waals surface area contributed by atoms with E-state index in [1.54, 1.807) is 18.5 Å². The van der Waals surface area contributed by atoms with E-state index in [2.05, 4.69) is 188 Å².